The number of esters is 2. The van der Waals surface area contributed by atoms with E-state index in [1.165, 1.54) is 25.0 Å². The number of carbonyl (C=O) groups is 2. The Labute approximate surface area is 305 Å². The lowest BCUT2D eigenvalue weighted by Crippen LogP contribution is -2.29. The molecule has 3 N–H and O–H groups in total. The standard InChI is InChI=1S/C16H17NO2.C14H13N.C13H13NO2.ClH/c1-3-10-17-15(16(18)19-2)14-9-8-12-6-4-5-7-13(12)11-14;1-2-9-15-11-12-7-8-13-5-3-4-6-14(13)10-12;1-16-13(15)12(14)11-7-6-9-4-2-3-5-10(9)8-11;/h3-9,11,15,17H,1,10H2,2H3;2-8,10-11H,1,9H2;2-8,12H,14H2,1H3;1H/t15-;;12-;/m0.0./s1. The van der Waals surface area contributed by atoms with Crippen molar-refractivity contribution in [1.82, 2.24) is 5.32 Å². The summed E-state index contributed by atoms with van der Waals surface area (Å²) in [6.07, 6.45) is 5.39. The number of nitrogens with one attached hydrogen (secondary N) is 1. The maximum atomic E-state index is 11.8. The summed E-state index contributed by atoms with van der Waals surface area (Å²) in [4.78, 5) is 27.4. The van der Waals surface area contributed by atoms with Gasteiger partial charge in [0.1, 0.15) is 12.1 Å². The smallest absolute Gasteiger partial charge is 0.327 e. The molecule has 51 heavy (non-hydrogen) atoms. The highest BCUT2D eigenvalue weighted by Gasteiger charge is 2.20. The van der Waals surface area contributed by atoms with Crippen LogP contribution >= 0.6 is 12.4 Å². The lowest BCUT2D eigenvalue weighted by Gasteiger charge is -2.16. The zero-order valence-electron chi connectivity index (χ0n) is 28.9. The molecule has 0 saturated carbocycles. The van der Waals surface area contributed by atoms with Crippen LogP contribution in [-0.4, -0.2) is 45.5 Å². The molecule has 0 spiro atoms. The SMILES string of the molecule is C=CCN=Cc1ccc2ccccc2c1.C=CCN[C@H](C(=O)OC)c1ccc2ccccc2c1.COC(=O)[C@@H](N)c1ccc2ccccc2c1.Cl. The molecule has 0 bridgehead atoms. The summed E-state index contributed by atoms with van der Waals surface area (Å²) in [5.74, 6) is -0.715. The largest absolute Gasteiger partial charge is 0.468 e. The van der Waals surface area contributed by atoms with Gasteiger partial charge in [-0.3, -0.25) is 15.1 Å². The average molecular weight is 702 g/mol. The Morgan fingerprint density at radius 1 is 0.667 bits per heavy atom. The van der Waals surface area contributed by atoms with Gasteiger partial charge in [0.15, 0.2) is 0 Å². The third kappa shape index (κ3) is 11.5. The molecule has 0 aliphatic carbocycles. The summed E-state index contributed by atoms with van der Waals surface area (Å²) >= 11 is 0. The first-order valence-electron chi connectivity index (χ1n) is 16.2. The van der Waals surface area contributed by atoms with E-state index in [0.717, 1.165) is 38.2 Å². The fourth-order valence-corrected chi connectivity index (χ4v) is 5.23. The van der Waals surface area contributed by atoms with Crippen LogP contribution in [0.3, 0.4) is 0 Å². The van der Waals surface area contributed by atoms with E-state index in [0.29, 0.717) is 13.1 Å². The molecule has 0 radical (unpaired) electrons. The van der Waals surface area contributed by atoms with E-state index in [1.54, 1.807) is 12.2 Å². The third-order valence-corrected chi connectivity index (χ3v) is 7.85. The second kappa shape index (κ2) is 20.8. The maximum absolute atomic E-state index is 11.8. The Morgan fingerprint density at radius 3 is 1.65 bits per heavy atom. The number of fused-ring (bicyclic) bond motifs is 3. The Bertz CT molecular complexity index is 2100. The van der Waals surface area contributed by atoms with Crippen LogP contribution in [0.2, 0.25) is 0 Å². The van der Waals surface area contributed by atoms with Crippen molar-refractivity contribution in [1.29, 1.82) is 0 Å². The van der Waals surface area contributed by atoms with E-state index in [1.807, 2.05) is 103 Å². The van der Waals surface area contributed by atoms with Gasteiger partial charge in [-0.05, 0) is 67.2 Å². The fourth-order valence-electron chi connectivity index (χ4n) is 5.23. The van der Waals surface area contributed by atoms with Crippen molar-refractivity contribution in [2.24, 2.45) is 10.7 Å². The zero-order valence-corrected chi connectivity index (χ0v) is 29.7. The van der Waals surface area contributed by atoms with Crippen LogP contribution < -0.4 is 11.1 Å². The van der Waals surface area contributed by atoms with Gasteiger partial charge in [-0.15, -0.1) is 25.6 Å². The van der Waals surface area contributed by atoms with Crippen LogP contribution in [-0.2, 0) is 19.1 Å². The Morgan fingerprint density at radius 2 is 1.14 bits per heavy atom. The van der Waals surface area contributed by atoms with Crippen LogP contribution in [0.25, 0.3) is 32.3 Å². The molecule has 0 fully saturated rings. The predicted octanol–water partition coefficient (Wildman–Crippen LogP) is 8.71. The molecule has 0 saturated heterocycles. The minimum absolute atomic E-state index is 0. The summed E-state index contributed by atoms with van der Waals surface area (Å²) in [6.45, 7) is 8.50. The fraction of sp³-hybridized carbons (Fsp3) is 0.140. The van der Waals surface area contributed by atoms with E-state index in [-0.39, 0.29) is 18.4 Å². The van der Waals surface area contributed by atoms with Crippen molar-refractivity contribution in [2.75, 3.05) is 27.3 Å². The van der Waals surface area contributed by atoms with Crippen molar-refractivity contribution in [3.8, 4) is 0 Å². The Balaban J connectivity index is 0.000000206. The van der Waals surface area contributed by atoms with Crippen LogP contribution in [0.15, 0.2) is 158 Å². The molecule has 0 unspecified atom stereocenters. The number of rotatable bonds is 10. The van der Waals surface area contributed by atoms with Gasteiger partial charge in [-0.25, -0.2) is 4.79 Å². The average Bonchev–Trinajstić information content (AvgIpc) is 3.17. The van der Waals surface area contributed by atoms with Gasteiger partial charge in [-0.1, -0.05) is 121 Å². The van der Waals surface area contributed by atoms with E-state index in [4.69, 9.17) is 10.5 Å². The number of halogens is 1. The zero-order chi connectivity index (χ0) is 35.7. The summed E-state index contributed by atoms with van der Waals surface area (Å²) in [7, 11) is 2.73. The van der Waals surface area contributed by atoms with Crippen molar-refractivity contribution in [3.05, 3.63) is 169 Å². The number of carbonyl (C=O) groups excluding carboxylic acids is 2. The first-order valence-corrected chi connectivity index (χ1v) is 16.2. The number of nitrogens with zero attached hydrogens (tertiary/aromatic N) is 1. The molecule has 6 aromatic carbocycles. The number of hydrogen-bond donors (Lipinski definition) is 2. The molecule has 0 amide bonds. The number of benzene rings is 6. The molecule has 0 aliphatic rings. The quantitative estimate of drug-likeness (QED) is 0.0842. The minimum atomic E-state index is -0.713. The molecular formula is C43H44ClN3O4. The predicted molar refractivity (Wildman–Crippen MR) is 214 cm³/mol. The van der Waals surface area contributed by atoms with Gasteiger partial charge in [0, 0.05) is 12.8 Å². The molecule has 0 heterocycles. The topological polar surface area (TPSA) is 103 Å². The van der Waals surface area contributed by atoms with E-state index < -0.39 is 18.1 Å². The van der Waals surface area contributed by atoms with Crippen molar-refractivity contribution in [2.45, 2.75) is 12.1 Å². The third-order valence-electron chi connectivity index (χ3n) is 7.85. The molecule has 6 rings (SSSR count). The molecule has 7 nitrogen and oxygen atoms in total. The highest BCUT2D eigenvalue weighted by Crippen LogP contribution is 2.22. The first-order chi connectivity index (χ1) is 24.4. The number of nitrogens with two attached hydrogens (primary N) is 1. The van der Waals surface area contributed by atoms with E-state index in [2.05, 4.69) is 58.5 Å². The van der Waals surface area contributed by atoms with Gasteiger partial charge >= 0.3 is 11.9 Å². The molecule has 6 aromatic rings. The lowest BCUT2D eigenvalue weighted by molar-refractivity contribution is -0.143. The van der Waals surface area contributed by atoms with Gasteiger partial charge < -0.3 is 15.2 Å². The van der Waals surface area contributed by atoms with Crippen LogP contribution in [0.4, 0.5) is 0 Å². The van der Waals surface area contributed by atoms with Gasteiger partial charge in [0.05, 0.1) is 20.8 Å². The molecule has 0 aromatic heterocycles. The number of ether oxygens (including phenoxy) is 2. The molecular weight excluding hydrogens is 658 g/mol. The number of hydrogen-bond acceptors (Lipinski definition) is 7. The monoisotopic (exact) mass is 701 g/mol. The molecule has 2 atom stereocenters. The second-order valence-corrected chi connectivity index (χ2v) is 11.3. The molecule has 0 aliphatic heterocycles. The van der Waals surface area contributed by atoms with Crippen molar-refractivity contribution < 1.29 is 19.1 Å². The Hall–Kier alpha value is -5.60. The van der Waals surface area contributed by atoms with Crippen LogP contribution in [0.5, 0.6) is 0 Å². The maximum Gasteiger partial charge on any atom is 0.327 e. The first kappa shape index (κ1) is 39.8. The highest BCUT2D eigenvalue weighted by atomic mass is 35.5. The molecule has 262 valence electrons. The van der Waals surface area contributed by atoms with Crippen LogP contribution in [0.1, 0.15) is 28.8 Å². The van der Waals surface area contributed by atoms with Crippen LogP contribution in [0, 0.1) is 0 Å². The van der Waals surface area contributed by atoms with Crippen molar-refractivity contribution >= 4 is 62.9 Å². The molecule has 8 heteroatoms. The second-order valence-electron chi connectivity index (χ2n) is 11.3. The normalized spacial score (nSPS) is 11.6. The Kier molecular flexibility index (Phi) is 16.3. The summed E-state index contributed by atoms with van der Waals surface area (Å²) in [6, 6.07) is 41.1. The summed E-state index contributed by atoms with van der Waals surface area (Å²) in [5.41, 5.74) is 8.57. The van der Waals surface area contributed by atoms with E-state index >= 15 is 0 Å². The highest BCUT2D eigenvalue weighted by molar-refractivity contribution is 5.90. The van der Waals surface area contributed by atoms with Gasteiger partial charge in [0.2, 0.25) is 0 Å². The van der Waals surface area contributed by atoms with Gasteiger partial charge in [0.25, 0.3) is 0 Å². The van der Waals surface area contributed by atoms with E-state index in [9.17, 15) is 9.59 Å². The summed E-state index contributed by atoms with van der Waals surface area (Å²) < 4.78 is 9.45. The number of aliphatic imine (C=N–C) groups is 1. The lowest BCUT2D eigenvalue weighted by atomic mass is 10.0. The van der Waals surface area contributed by atoms with Gasteiger partial charge in [-0.2, -0.15) is 0 Å². The summed E-state index contributed by atoms with van der Waals surface area (Å²) in [5, 5.41) is 10.1. The number of methoxy groups -OCH3 is 2. The minimum Gasteiger partial charge on any atom is -0.468 e. The van der Waals surface area contributed by atoms with Crippen molar-refractivity contribution in [3.63, 3.8) is 0 Å².